The van der Waals surface area contributed by atoms with Gasteiger partial charge >= 0.3 is 0 Å². The van der Waals surface area contributed by atoms with E-state index >= 15 is 0 Å². The van der Waals surface area contributed by atoms with E-state index in [9.17, 15) is 9.18 Å². The summed E-state index contributed by atoms with van der Waals surface area (Å²) in [5.41, 5.74) is 0.585. The van der Waals surface area contributed by atoms with Gasteiger partial charge in [0.25, 0.3) is 5.78 Å². The molecule has 2 aromatic rings. The third-order valence-corrected chi connectivity index (χ3v) is 1.91. The summed E-state index contributed by atoms with van der Waals surface area (Å²) < 4.78 is 17.5. The number of carbonyl (C=O) groups excluding carboxylic acids is 1. The van der Waals surface area contributed by atoms with Gasteiger partial charge in [0.1, 0.15) is 5.82 Å². The molecule has 0 bridgehead atoms. The maximum Gasteiger partial charge on any atom is 0.271 e. The van der Waals surface area contributed by atoms with Crippen molar-refractivity contribution >= 4 is 5.78 Å². The van der Waals surface area contributed by atoms with Gasteiger partial charge in [-0.3, -0.25) is 4.79 Å². The first-order valence-electron chi connectivity index (χ1n) is 4.61. The Hall–Kier alpha value is -2.34. The van der Waals surface area contributed by atoms with E-state index in [1.807, 2.05) is 0 Å². The van der Waals surface area contributed by atoms with Crippen LogP contribution in [0, 0.1) is 17.7 Å². The van der Waals surface area contributed by atoms with Crippen LogP contribution in [-0.2, 0) is 0 Å². The molecule has 0 radical (unpaired) electrons. The molecule has 16 heavy (non-hydrogen) atoms. The summed E-state index contributed by atoms with van der Waals surface area (Å²) in [4.78, 5) is 11.4. The van der Waals surface area contributed by atoms with Crippen molar-refractivity contribution in [2.24, 2.45) is 0 Å². The van der Waals surface area contributed by atoms with E-state index in [1.165, 1.54) is 30.5 Å². The smallest absolute Gasteiger partial charge is 0.271 e. The minimum atomic E-state index is -0.394. The molecule has 0 saturated carbocycles. The fourth-order valence-electron chi connectivity index (χ4n) is 1.13. The lowest BCUT2D eigenvalue weighted by atomic mass is 10.2. The van der Waals surface area contributed by atoms with Crippen LogP contribution in [0.25, 0.3) is 0 Å². The second-order valence-corrected chi connectivity index (χ2v) is 3.06. The summed E-state index contributed by atoms with van der Waals surface area (Å²) in [6, 6.07) is 8.77. The molecule has 0 fully saturated rings. The number of furan rings is 1. The monoisotopic (exact) mass is 214 g/mol. The Balaban J connectivity index is 2.16. The Morgan fingerprint density at radius 3 is 2.56 bits per heavy atom. The molecule has 0 aliphatic carbocycles. The molecular weight excluding hydrogens is 207 g/mol. The van der Waals surface area contributed by atoms with Gasteiger partial charge in [-0.2, -0.15) is 0 Å². The van der Waals surface area contributed by atoms with E-state index in [-0.39, 0.29) is 11.6 Å². The third-order valence-electron chi connectivity index (χ3n) is 1.91. The topological polar surface area (TPSA) is 30.2 Å². The fraction of sp³-hybridized carbons (Fsp3) is 0. The molecule has 1 aromatic carbocycles. The molecule has 1 aromatic heterocycles. The van der Waals surface area contributed by atoms with Crippen LogP contribution in [0.3, 0.4) is 0 Å². The standard InChI is InChI=1S/C13H7FO2/c14-11-6-3-10(4-7-11)5-8-12(15)13-2-1-9-16-13/h1-4,6-7,9H. The van der Waals surface area contributed by atoms with Gasteiger partial charge in [-0.05, 0) is 42.3 Å². The predicted molar refractivity (Wildman–Crippen MR) is 56.3 cm³/mol. The summed E-state index contributed by atoms with van der Waals surface area (Å²) in [6.07, 6.45) is 1.41. The average molecular weight is 214 g/mol. The number of rotatable bonds is 1. The molecular formula is C13H7FO2. The van der Waals surface area contributed by atoms with Gasteiger partial charge < -0.3 is 4.42 Å². The molecule has 0 amide bonds. The van der Waals surface area contributed by atoms with E-state index < -0.39 is 5.78 Å². The van der Waals surface area contributed by atoms with Crippen LogP contribution >= 0.6 is 0 Å². The highest BCUT2D eigenvalue weighted by molar-refractivity contribution is 6.07. The molecule has 0 unspecified atom stereocenters. The first-order chi connectivity index (χ1) is 7.75. The number of Topliss-reactive ketones (excluding diaryl/α,β-unsaturated/α-hetero) is 1. The van der Waals surface area contributed by atoms with E-state index in [4.69, 9.17) is 4.42 Å². The van der Waals surface area contributed by atoms with E-state index in [1.54, 1.807) is 12.1 Å². The van der Waals surface area contributed by atoms with Crippen molar-refractivity contribution in [2.45, 2.75) is 0 Å². The van der Waals surface area contributed by atoms with Gasteiger partial charge in [0.05, 0.1) is 6.26 Å². The van der Waals surface area contributed by atoms with Gasteiger partial charge in [0.15, 0.2) is 5.76 Å². The zero-order valence-electron chi connectivity index (χ0n) is 8.24. The van der Waals surface area contributed by atoms with Crippen molar-refractivity contribution in [1.82, 2.24) is 0 Å². The first kappa shape index (κ1) is 10.2. The van der Waals surface area contributed by atoms with Crippen LogP contribution in [0.2, 0.25) is 0 Å². The second-order valence-electron chi connectivity index (χ2n) is 3.06. The first-order valence-corrected chi connectivity index (χ1v) is 4.61. The summed E-state index contributed by atoms with van der Waals surface area (Å²) in [6.45, 7) is 0. The molecule has 0 N–H and O–H groups in total. The van der Waals surface area contributed by atoms with Crippen LogP contribution in [0.15, 0.2) is 47.1 Å². The lowest BCUT2D eigenvalue weighted by molar-refractivity contribution is 0.103. The predicted octanol–water partition coefficient (Wildman–Crippen LogP) is 2.65. The van der Waals surface area contributed by atoms with Crippen molar-refractivity contribution in [2.75, 3.05) is 0 Å². The van der Waals surface area contributed by atoms with E-state index in [2.05, 4.69) is 11.8 Å². The van der Waals surface area contributed by atoms with Gasteiger partial charge in [0, 0.05) is 5.56 Å². The van der Waals surface area contributed by atoms with Gasteiger partial charge in [0.2, 0.25) is 0 Å². The maximum atomic E-state index is 12.6. The quantitative estimate of drug-likeness (QED) is 0.539. The molecule has 1 heterocycles. The number of ketones is 1. The number of carbonyl (C=O) groups is 1. The number of benzene rings is 1. The highest BCUT2D eigenvalue weighted by Gasteiger charge is 2.03. The van der Waals surface area contributed by atoms with Crippen LogP contribution in [-0.4, -0.2) is 5.78 Å². The summed E-state index contributed by atoms with van der Waals surface area (Å²) in [5.74, 6) is 4.53. The van der Waals surface area contributed by atoms with Gasteiger partial charge in [-0.15, -0.1) is 0 Å². The Bertz CT molecular complexity index is 542. The third kappa shape index (κ3) is 2.37. The number of hydrogen-bond acceptors (Lipinski definition) is 2. The van der Waals surface area contributed by atoms with Gasteiger partial charge in [-0.1, -0.05) is 5.92 Å². The van der Waals surface area contributed by atoms with Crippen molar-refractivity contribution < 1.29 is 13.6 Å². The Morgan fingerprint density at radius 1 is 1.19 bits per heavy atom. The summed E-state index contributed by atoms with van der Waals surface area (Å²) in [7, 11) is 0. The van der Waals surface area contributed by atoms with Crippen LogP contribution < -0.4 is 0 Å². The van der Waals surface area contributed by atoms with Crippen molar-refractivity contribution in [3.63, 3.8) is 0 Å². The van der Waals surface area contributed by atoms with Crippen molar-refractivity contribution in [1.29, 1.82) is 0 Å². The highest BCUT2D eigenvalue weighted by Crippen LogP contribution is 2.02. The molecule has 0 aliphatic rings. The SMILES string of the molecule is O=C(C#Cc1ccc(F)cc1)c1ccco1. The Labute approximate surface area is 91.7 Å². The fourth-order valence-corrected chi connectivity index (χ4v) is 1.13. The number of halogens is 1. The van der Waals surface area contributed by atoms with Crippen LogP contribution in [0.5, 0.6) is 0 Å². The molecule has 0 atom stereocenters. The molecule has 3 heteroatoms. The molecule has 0 aliphatic heterocycles. The molecule has 78 valence electrons. The lowest BCUT2D eigenvalue weighted by Gasteiger charge is -1.88. The second kappa shape index (κ2) is 4.45. The highest BCUT2D eigenvalue weighted by atomic mass is 19.1. The molecule has 2 nitrogen and oxygen atoms in total. The zero-order chi connectivity index (χ0) is 11.4. The van der Waals surface area contributed by atoms with E-state index in [0.29, 0.717) is 5.56 Å². The average Bonchev–Trinajstić information content (AvgIpc) is 2.81. The molecule has 2 rings (SSSR count). The summed E-state index contributed by atoms with van der Waals surface area (Å²) >= 11 is 0. The Kier molecular flexibility index (Phi) is 2.84. The van der Waals surface area contributed by atoms with Crippen molar-refractivity contribution in [3.8, 4) is 11.8 Å². The summed E-state index contributed by atoms with van der Waals surface area (Å²) in [5, 5.41) is 0. The van der Waals surface area contributed by atoms with E-state index in [0.717, 1.165) is 0 Å². The zero-order valence-corrected chi connectivity index (χ0v) is 8.24. The minimum Gasteiger partial charge on any atom is -0.460 e. The van der Waals surface area contributed by atoms with Crippen LogP contribution in [0.1, 0.15) is 16.1 Å². The van der Waals surface area contributed by atoms with Crippen molar-refractivity contribution in [3.05, 3.63) is 59.8 Å². The Morgan fingerprint density at radius 2 is 1.94 bits per heavy atom. The number of hydrogen-bond donors (Lipinski definition) is 0. The largest absolute Gasteiger partial charge is 0.460 e. The molecule has 0 spiro atoms. The minimum absolute atomic E-state index is 0.203. The lowest BCUT2D eigenvalue weighted by Crippen LogP contribution is -1.91. The molecule has 0 saturated heterocycles. The normalized spacial score (nSPS) is 9.31. The van der Waals surface area contributed by atoms with Crippen LogP contribution in [0.4, 0.5) is 4.39 Å². The maximum absolute atomic E-state index is 12.6. The van der Waals surface area contributed by atoms with Gasteiger partial charge in [-0.25, -0.2) is 4.39 Å².